The highest BCUT2D eigenvalue weighted by Crippen LogP contribution is 2.20. The van der Waals surface area contributed by atoms with Crippen LogP contribution in [0.2, 0.25) is 0 Å². The molecule has 6 nitrogen and oxygen atoms in total. The van der Waals surface area contributed by atoms with Crippen LogP contribution in [0.5, 0.6) is 0 Å². The molecule has 0 aromatic heterocycles. The van der Waals surface area contributed by atoms with Crippen LogP contribution in [0, 0.1) is 0 Å². The number of carbonyl (C=O) groups is 3. The normalized spacial score (nSPS) is 10.0. The van der Waals surface area contributed by atoms with Crippen LogP contribution < -0.4 is 16.0 Å². The molecule has 0 bridgehead atoms. The number of hydrogen-bond acceptors (Lipinski definition) is 4. The van der Waals surface area contributed by atoms with E-state index in [-0.39, 0.29) is 23.5 Å². The zero-order valence-corrected chi connectivity index (χ0v) is 15.3. The zero-order chi connectivity index (χ0) is 18.8. The molecule has 3 amide bonds. The Kier molecular flexibility index (Phi) is 7.70. The summed E-state index contributed by atoms with van der Waals surface area (Å²) in [5.74, 6) is -0.0981. The van der Waals surface area contributed by atoms with Crippen LogP contribution in [-0.2, 0) is 9.59 Å². The summed E-state index contributed by atoms with van der Waals surface area (Å²) in [5.41, 5.74) is 1.32. The quantitative estimate of drug-likeness (QED) is 0.491. The number of amides is 3. The van der Waals surface area contributed by atoms with E-state index in [9.17, 15) is 14.4 Å². The molecule has 136 valence electrons. The van der Waals surface area contributed by atoms with Crippen LogP contribution in [0.3, 0.4) is 0 Å². The van der Waals surface area contributed by atoms with Gasteiger partial charge in [-0.25, -0.2) is 0 Å². The van der Waals surface area contributed by atoms with E-state index in [1.165, 1.54) is 18.7 Å². The Hall–Kier alpha value is -2.80. The van der Waals surface area contributed by atoms with E-state index in [0.717, 1.165) is 10.6 Å². The molecule has 0 spiro atoms. The molecule has 0 unspecified atom stereocenters. The summed E-state index contributed by atoms with van der Waals surface area (Å²) in [6.07, 6.45) is 0. The molecule has 0 heterocycles. The molecule has 0 aliphatic rings. The average Bonchev–Trinajstić information content (AvgIpc) is 2.65. The summed E-state index contributed by atoms with van der Waals surface area (Å²) in [6.45, 7) is 2.20. The number of benzene rings is 2. The lowest BCUT2D eigenvalue weighted by Crippen LogP contribution is -2.35. The molecule has 0 saturated carbocycles. The predicted octanol–water partition coefficient (Wildman–Crippen LogP) is 2.28. The van der Waals surface area contributed by atoms with Gasteiger partial charge in [0.05, 0.1) is 5.75 Å². The van der Waals surface area contributed by atoms with Crippen LogP contribution in [0.1, 0.15) is 17.3 Å². The smallest absolute Gasteiger partial charge is 0.251 e. The molecule has 0 atom stereocenters. The minimum absolute atomic E-state index is 0.102. The van der Waals surface area contributed by atoms with Crippen LogP contribution in [-0.4, -0.2) is 36.6 Å². The van der Waals surface area contributed by atoms with Gasteiger partial charge < -0.3 is 16.0 Å². The number of hydrogen-bond donors (Lipinski definition) is 3. The molecule has 0 saturated heterocycles. The Morgan fingerprint density at radius 2 is 1.54 bits per heavy atom. The van der Waals surface area contributed by atoms with E-state index in [0.29, 0.717) is 18.7 Å². The molecule has 0 radical (unpaired) electrons. The zero-order valence-electron chi connectivity index (χ0n) is 14.5. The van der Waals surface area contributed by atoms with Crippen LogP contribution in [0.15, 0.2) is 59.5 Å². The van der Waals surface area contributed by atoms with Gasteiger partial charge in [-0.1, -0.05) is 18.2 Å². The summed E-state index contributed by atoms with van der Waals surface area (Å²) >= 11 is 1.41. The van der Waals surface area contributed by atoms with Crippen molar-refractivity contribution in [2.45, 2.75) is 11.8 Å². The van der Waals surface area contributed by atoms with Gasteiger partial charge in [0.1, 0.15) is 0 Å². The Bertz CT molecular complexity index is 748. The van der Waals surface area contributed by atoms with E-state index >= 15 is 0 Å². The van der Waals surface area contributed by atoms with Gasteiger partial charge in [0.2, 0.25) is 11.8 Å². The lowest BCUT2D eigenvalue weighted by molar-refractivity contribution is -0.118. The fourth-order valence-electron chi connectivity index (χ4n) is 2.11. The summed E-state index contributed by atoms with van der Waals surface area (Å²) in [5, 5.41) is 8.21. The van der Waals surface area contributed by atoms with Crippen LogP contribution in [0.25, 0.3) is 0 Å². The van der Waals surface area contributed by atoms with E-state index in [1.807, 2.05) is 18.2 Å². The molecule has 0 fully saturated rings. The highest BCUT2D eigenvalue weighted by molar-refractivity contribution is 8.00. The molecular weight excluding hydrogens is 350 g/mol. The van der Waals surface area contributed by atoms with Crippen molar-refractivity contribution >= 4 is 35.2 Å². The Balaban J connectivity index is 1.63. The third-order valence-electron chi connectivity index (χ3n) is 3.31. The Morgan fingerprint density at radius 1 is 0.885 bits per heavy atom. The first-order valence-corrected chi connectivity index (χ1v) is 9.13. The van der Waals surface area contributed by atoms with E-state index in [1.54, 1.807) is 36.4 Å². The minimum Gasteiger partial charge on any atom is -0.354 e. The van der Waals surface area contributed by atoms with Gasteiger partial charge >= 0.3 is 0 Å². The van der Waals surface area contributed by atoms with Crippen molar-refractivity contribution in [3.8, 4) is 0 Å². The lowest BCUT2D eigenvalue weighted by Gasteiger charge is -2.08. The van der Waals surface area contributed by atoms with Crippen molar-refractivity contribution < 1.29 is 14.4 Å². The number of nitrogens with one attached hydrogen (secondary N) is 3. The molecule has 7 heteroatoms. The van der Waals surface area contributed by atoms with Crippen molar-refractivity contribution in [3.05, 3.63) is 60.2 Å². The fraction of sp³-hybridized carbons (Fsp3) is 0.211. The van der Waals surface area contributed by atoms with Crippen LogP contribution >= 0.6 is 11.8 Å². The molecule has 2 rings (SSSR count). The second kappa shape index (κ2) is 10.2. The highest BCUT2D eigenvalue weighted by Gasteiger charge is 2.05. The Labute approximate surface area is 156 Å². The maximum atomic E-state index is 11.8. The van der Waals surface area contributed by atoms with Gasteiger partial charge in [0, 0.05) is 36.2 Å². The fourth-order valence-corrected chi connectivity index (χ4v) is 2.84. The van der Waals surface area contributed by atoms with E-state index < -0.39 is 0 Å². The van der Waals surface area contributed by atoms with E-state index in [4.69, 9.17) is 0 Å². The summed E-state index contributed by atoms with van der Waals surface area (Å²) in [6, 6.07) is 16.2. The first-order chi connectivity index (χ1) is 12.5. The number of carbonyl (C=O) groups excluding carboxylic acids is 3. The second-order valence-electron chi connectivity index (χ2n) is 5.47. The number of thioether (sulfide) groups is 1. The minimum atomic E-state index is -0.159. The Morgan fingerprint density at radius 3 is 2.19 bits per heavy atom. The molecular formula is C19H21N3O3S. The molecule has 3 N–H and O–H groups in total. The highest BCUT2D eigenvalue weighted by atomic mass is 32.2. The summed E-state index contributed by atoms with van der Waals surface area (Å²) < 4.78 is 0. The topological polar surface area (TPSA) is 87.3 Å². The first kappa shape index (κ1) is 19.5. The van der Waals surface area contributed by atoms with Crippen molar-refractivity contribution in [1.29, 1.82) is 0 Å². The molecule has 26 heavy (non-hydrogen) atoms. The second-order valence-corrected chi connectivity index (χ2v) is 6.51. The van der Waals surface area contributed by atoms with E-state index in [2.05, 4.69) is 16.0 Å². The van der Waals surface area contributed by atoms with Crippen molar-refractivity contribution in [1.82, 2.24) is 10.6 Å². The number of anilines is 1. The lowest BCUT2D eigenvalue weighted by atomic mass is 10.2. The monoisotopic (exact) mass is 371 g/mol. The standard InChI is InChI=1S/C19H21N3O3S/c1-14(23)22-16-7-9-17(10-8-16)26-13-18(24)20-11-12-21-19(25)15-5-3-2-4-6-15/h2-10H,11-13H2,1H3,(H,20,24)(H,21,25)(H,22,23). The summed E-state index contributed by atoms with van der Waals surface area (Å²) in [7, 11) is 0. The first-order valence-electron chi connectivity index (χ1n) is 8.15. The SMILES string of the molecule is CC(=O)Nc1ccc(SCC(=O)NCCNC(=O)c2ccccc2)cc1. The molecule has 0 aliphatic heterocycles. The van der Waals surface area contributed by atoms with Gasteiger partial charge in [-0.15, -0.1) is 11.8 Å². The third-order valence-corrected chi connectivity index (χ3v) is 4.33. The van der Waals surface area contributed by atoms with Gasteiger partial charge in [0.15, 0.2) is 0 Å². The largest absolute Gasteiger partial charge is 0.354 e. The van der Waals surface area contributed by atoms with Gasteiger partial charge in [-0.2, -0.15) is 0 Å². The maximum absolute atomic E-state index is 11.8. The van der Waals surface area contributed by atoms with Gasteiger partial charge in [0.25, 0.3) is 5.91 Å². The van der Waals surface area contributed by atoms with Gasteiger partial charge in [-0.05, 0) is 36.4 Å². The third kappa shape index (κ3) is 6.98. The molecule has 0 aliphatic carbocycles. The van der Waals surface area contributed by atoms with Crippen molar-refractivity contribution in [3.63, 3.8) is 0 Å². The van der Waals surface area contributed by atoms with Crippen LogP contribution in [0.4, 0.5) is 5.69 Å². The van der Waals surface area contributed by atoms with Gasteiger partial charge in [-0.3, -0.25) is 14.4 Å². The number of rotatable bonds is 8. The van der Waals surface area contributed by atoms with Crippen molar-refractivity contribution in [2.24, 2.45) is 0 Å². The molecule has 2 aromatic rings. The predicted molar refractivity (Wildman–Crippen MR) is 103 cm³/mol. The molecule has 2 aromatic carbocycles. The summed E-state index contributed by atoms with van der Waals surface area (Å²) in [4.78, 5) is 35.6. The average molecular weight is 371 g/mol. The maximum Gasteiger partial charge on any atom is 0.251 e. The van der Waals surface area contributed by atoms with Crippen molar-refractivity contribution in [2.75, 3.05) is 24.2 Å².